The summed E-state index contributed by atoms with van der Waals surface area (Å²) in [5, 5.41) is 12.3. The average Bonchev–Trinajstić information content (AvgIpc) is 2.92. The monoisotopic (exact) mass is 278 g/mol. The minimum Gasteiger partial charge on any atom is -0.388 e. The van der Waals surface area contributed by atoms with Gasteiger partial charge < -0.3 is 5.11 Å². The van der Waals surface area contributed by atoms with Gasteiger partial charge >= 0.3 is 0 Å². The predicted octanol–water partition coefficient (Wildman–Crippen LogP) is 3.35. The second-order valence-electron chi connectivity index (χ2n) is 4.41. The van der Waals surface area contributed by atoms with Crippen molar-refractivity contribution in [1.29, 1.82) is 0 Å². The maximum atomic E-state index is 10.3. The molecule has 0 spiro atoms. The van der Waals surface area contributed by atoms with E-state index in [0.717, 1.165) is 16.2 Å². The van der Waals surface area contributed by atoms with Crippen LogP contribution in [0.1, 0.15) is 27.1 Å². The lowest BCUT2D eigenvalue weighted by molar-refractivity contribution is 0.177. The van der Waals surface area contributed by atoms with Crippen LogP contribution in [0.5, 0.6) is 0 Å². The van der Waals surface area contributed by atoms with Crippen molar-refractivity contribution >= 4 is 27.6 Å². The number of imidazole rings is 1. The van der Waals surface area contributed by atoms with E-state index in [1.54, 1.807) is 22.7 Å². The van der Waals surface area contributed by atoms with Gasteiger partial charge in [-0.3, -0.25) is 4.40 Å². The number of aromatic nitrogens is 2. The van der Waals surface area contributed by atoms with Crippen molar-refractivity contribution in [2.75, 3.05) is 0 Å². The second kappa shape index (κ2) is 4.50. The lowest BCUT2D eigenvalue weighted by atomic mass is 10.1. The Hall–Kier alpha value is -1.17. The second-order valence-corrected chi connectivity index (χ2v) is 6.75. The molecule has 18 heavy (non-hydrogen) atoms. The summed E-state index contributed by atoms with van der Waals surface area (Å²) in [5.74, 6) is 0. The summed E-state index contributed by atoms with van der Waals surface area (Å²) in [6, 6.07) is 2.07. The molecular weight excluding hydrogens is 264 g/mol. The molecule has 5 heteroatoms. The van der Waals surface area contributed by atoms with E-state index >= 15 is 0 Å². The van der Waals surface area contributed by atoms with E-state index < -0.39 is 6.10 Å². The van der Waals surface area contributed by atoms with Gasteiger partial charge in [-0.2, -0.15) is 0 Å². The Labute approximate surface area is 113 Å². The van der Waals surface area contributed by atoms with Crippen LogP contribution in [0, 0.1) is 13.8 Å². The van der Waals surface area contributed by atoms with Crippen LogP contribution in [0.25, 0.3) is 4.96 Å². The van der Waals surface area contributed by atoms with Crippen LogP contribution in [0.4, 0.5) is 0 Å². The number of hydrogen-bond acceptors (Lipinski definition) is 4. The highest BCUT2D eigenvalue weighted by atomic mass is 32.1. The molecule has 3 rings (SSSR count). The smallest absolute Gasteiger partial charge is 0.193 e. The standard InChI is InChI=1S/C13H14N2OS2/c1-8-5-11(9(2)18-8)12(16)6-10-7-15-3-4-17-13(15)14-10/h3-5,7,12,16H,6H2,1-2H3. The van der Waals surface area contributed by atoms with Gasteiger partial charge in [0.2, 0.25) is 0 Å². The van der Waals surface area contributed by atoms with Crippen molar-refractivity contribution in [2.24, 2.45) is 0 Å². The van der Waals surface area contributed by atoms with Crippen LogP contribution in [0.15, 0.2) is 23.8 Å². The lowest BCUT2D eigenvalue weighted by Crippen LogP contribution is -2.02. The molecular formula is C13H14N2OS2. The molecule has 0 aliphatic rings. The van der Waals surface area contributed by atoms with Crippen LogP contribution in [0.2, 0.25) is 0 Å². The zero-order valence-corrected chi connectivity index (χ0v) is 11.9. The van der Waals surface area contributed by atoms with Crippen LogP contribution in [0.3, 0.4) is 0 Å². The number of rotatable bonds is 3. The first kappa shape index (κ1) is 11.9. The van der Waals surface area contributed by atoms with E-state index in [0.29, 0.717) is 6.42 Å². The van der Waals surface area contributed by atoms with Crippen LogP contribution >= 0.6 is 22.7 Å². The van der Waals surface area contributed by atoms with Gasteiger partial charge in [-0.1, -0.05) is 0 Å². The van der Waals surface area contributed by atoms with Gasteiger partial charge in [-0.25, -0.2) is 4.98 Å². The Bertz CT molecular complexity index is 652. The Morgan fingerprint density at radius 2 is 2.28 bits per heavy atom. The molecule has 0 saturated heterocycles. The normalized spacial score (nSPS) is 13.3. The SMILES string of the molecule is Cc1cc(C(O)Cc2cn3ccsc3n2)c(C)s1. The van der Waals surface area contributed by atoms with E-state index in [2.05, 4.69) is 24.9 Å². The fraction of sp³-hybridized carbons (Fsp3) is 0.308. The third-order valence-electron chi connectivity index (χ3n) is 2.98. The summed E-state index contributed by atoms with van der Waals surface area (Å²) in [7, 11) is 0. The molecule has 0 aromatic carbocycles. The van der Waals surface area contributed by atoms with Crippen molar-refractivity contribution in [3.05, 3.63) is 44.9 Å². The average molecular weight is 278 g/mol. The van der Waals surface area contributed by atoms with Gasteiger partial charge in [0.15, 0.2) is 4.96 Å². The molecule has 3 aromatic heterocycles. The molecule has 3 heterocycles. The van der Waals surface area contributed by atoms with Crippen molar-refractivity contribution in [3.8, 4) is 0 Å². The molecule has 3 nitrogen and oxygen atoms in total. The molecule has 94 valence electrons. The largest absolute Gasteiger partial charge is 0.388 e. The number of thiazole rings is 1. The quantitative estimate of drug-likeness (QED) is 0.798. The van der Waals surface area contributed by atoms with Crippen LogP contribution in [-0.2, 0) is 6.42 Å². The summed E-state index contributed by atoms with van der Waals surface area (Å²) in [6.07, 6.45) is 4.09. The van der Waals surface area contributed by atoms with Gasteiger partial charge in [0.1, 0.15) is 0 Å². The first-order valence-electron chi connectivity index (χ1n) is 5.79. The number of hydrogen-bond donors (Lipinski definition) is 1. The van der Waals surface area contributed by atoms with Crippen molar-refractivity contribution in [2.45, 2.75) is 26.4 Å². The van der Waals surface area contributed by atoms with Crippen molar-refractivity contribution < 1.29 is 5.11 Å². The lowest BCUT2D eigenvalue weighted by Gasteiger charge is -2.08. The molecule has 1 unspecified atom stereocenters. The number of fused-ring (bicyclic) bond motifs is 1. The maximum absolute atomic E-state index is 10.3. The number of thiophene rings is 1. The molecule has 1 N–H and O–H groups in total. The first-order valence-corrected chi connectivity index (χ1v) is 7.49. The van der Waals surface area contributed by atoms with Gasteiger partial charge in [-0.15, -0.1) is 22.7 Å². The zero-order chi connectivity index (χ0) is 12.7. The Balaban J connectivity index is 1.83. The first-order chi connectivity index (χ1) is 8.63. The third kappa shape index (κ3) is 2.09. The molecule has 0 saturated carbocycles. The Kier molecular flexibility index (Phi) is 2.97. The summed E-state index contributed by atoms with van der Waals surface area (Å²) in [5.41, 5.74) is 1.98. The highest BCUT2D eigenvalue weighted by Gasteiger charge is 2.15. The highest BCUT2D eigenvalue weighted by Crippen LogP contribution is 2.28. The van der Waals surface area contributed by atoms with E-state index in [-0.39, 0.29) is 0 Å². The fourth-order valence-corrected chi connectivity index (χ4v) is 3.86. The molecule has 0 radical (unpaired) electrons. The molecule has 0 aliphatic heterocycles. The fourth-order valence-electron chi connectivity index (χ4n) is 2.16. The van der Waals surface area contributed by atoms with Crippen LogP contribution < -0.4 is 0 Å². The topological polar surface area (TPSA) is 37.5 Å². The Morgan fingerprint density at radius 3 is 2.94 bits per heavy atom. The molecule has 3 aromatic rings. The van der Waals surface area contributed by atoms with E-state index in [1.807, 2.05) is 22.2 Å². The van der Waals surface area contributed by atoms with Crippen LogP contribution in [-0.4, -0.2) is 14.5 Å². The number of aliphatic hydroxyl groups is 1. The van der Waals surface area contributed by atoms with E-state index in [1.165, 1.54) is 9.75 Å². The summed E-state index contributed by atoms with van der Waals surface area (Å²) < 4.78 is 2.00. The molecule has 1 atom stereocenters. The van der Waals surface area contributed by atoms with E-state index in [4.69, 9.17) is 0 Å². The minimum absolute atomic E-state index is 0.459. The predicted molar refractivity (Wildman–Crippen MR) is 75.5 cm³/mol. The number of aryl methyl sites for hydroxylation is 2. The molecule has 0 amide bonds. The number of nitrogens with zero attached hydrogens (tertiary/aromatic N) is 2. The van der Waals surface area contributed by atoms with Gasteiger partial charge in [-0.05, 0) is 25.5 Å². The summed E-state index contributed by atoms with van der Waals surface area (Å²) >= 11 is 3.34. The van der Waals surface area contributed by atoms with E-state index in [9.17, 15) is 5.11 Å². The molecule has 0 aliphatic carbocycles. The van der Waals surface area contributed by atoms with Crippen molar-refractivity contribution in [1.82, 2.24) is 9.38 Å². The molecule has 0 bridgehead atoms. The summed E-state index contributed by atoms with van der Waals surface area (Å²) in [4.78, 5) is 7.92. The van der Waals surface area contributed by atoms with Gasteiger partial charge in [0.05, 0.1) is 11.8 Å². The Morgan fingerprint density at radius 1 is 1.44 bits per heavy atom. The van der Waals surface area contributed by atoms with Gasteiger partial charge in [0, 0.05) is 33.9 Å². The zero-order valence-electron chi connectivity index (χ0n) is 10.3. The minimum atomic E-state index is -0.459. The van der Waals surface area contributed by atoms with Gasteiger partial charge in [0.25, 0.3) is 0 Å². The molecule has 0 fully saturated rings. The number of aliphatic hydroxyl groups excluding tert-OH is 1. The highest BCUT2D eigenvalue weighted by molar-refractivity contribution is 7.15. The third-order valence-corrected chi connectivity index (χ3v) is 4.74. The summed E-state index contributed by atoms with van der Waals surface area (Å²) in [6.45, 7) is 4.13. The van der Waals surface area contributed by atoms with Crippen molar-refractivity contribution in [3.63, 3.8) is 0 Å². The maximum Gasteiger partial charge on any atom is 0.193 e.